The Morgan fingerprint density at radius 3 is 1.35 bits per heavy atom. The predicted octanol–water partition coefficient (Wildman–Crippen LogP) is 5.73. The van der Waals surface area contributed by atoms with Gasteiger partial charge in [0.25, 0.3) is 0 Å². The largest absolute Gasteiger partial charge is 0.381 e. The Morgan fingerprint density at radius 1 is 0.700 bits per heavy atom. The van der Waals surface area contributed by atoms with Crippen LogP contribution in [0.4, 0.5) is 0 Å². The van der Waals surface area contributed by atoms with E-state index < -0.39 is 0 Å². The van der Waals surface area contributed by atoms with E-state index in [1.165, 1.54) is 83.0 Å². The van der Waals surface area contributed by atoms with Crippen LogP contribution in [0.15, 0.2) is 6.58 Å². The molecule has 0 atom stereocenters. The quantitative estimate of drug-likeness (QED) is 0.301. The van der Waals surface area contributed by atoms with Gasteiger partial charge in [-0.3, -0.25) is 0 Å². The Labute approximate surface area is 127 Å². The highest BCUT2D eigenvalue weighted by Crippen LogP contribution is 2.06. The second-order valence-electron chi connectivity index (χ2n) is 5.29. The fourth-order valence-electron chi connectivity index (χ4n) is 2.07. The van der Waals surface area contributed by atoms with Gasteiger partial charge in [0.2, 0.25) is 0 Å². The van der Waals surface area contributed by atoms with Crippen LogP contribution in [-0.4, -0.2) is 19.2 Å². The van der Waals surface area contributed by atoms with Crippen LogP contribution >= 0.6 is 0 Å². The SMILES string of the molecule is C=C=O.CCCCCCCCOCCCCCCCC. The van der Waals surface area contributed by atoms with Gasteiger partial charge in [-0.1, -0.05) is 78.1 Å². The van der Waals surface area contributed by atoms with E-state index in [1.54, 1.807) is 0 Å². The fraction of sp³-hybridized carbons (Fsp3) is 0.889. The summed E-state index contributed by atoms with van der Waals surface area (Å²) in [6.45, 7) is 9.19. The summed E-state index contributed by atoms with van der Waals surface area (Å²) < 4.78 is 5.65. The molecule has 20 heavy (non-hydrogen) atoms. The van der Waals surface area contributed by atoms with Crippen molar-refractivity contribution in [2.24, 2.45) is 0 Å². The summed E-state index contributed by atoms with van der Waals surface area (Å²) in [5.41, 5.74) is 0. The highest BCUT2D eigenvalue weighted by Gasteiger charge is 1.92. The molecule has 0 heterocycles. The molecule has 0 saturated heterocycles. The third kappa shape index (κ3) is 26.1. The maximum absolute atomic E-state index is 8.57. The van der Waals surface area contributed by atoms with Crippen LogP contribution in [0.5, 0.6) is 0 Å². The second-order valence-corrected chi connectivity index (χ2v) is 5.29. The number of hydrogen-bond donors (Lipinski definition) is 0. The lowest BCUT2D eigenvalue weighted by atomic mass is 10.1. The van der Waals surface area contributed by atoms with E-state index in [0.29, 0.717) is 0 Å². The predicted molar refractivity (Wildman–Crippen MR) is 88.9 cm³/mol. The Bertz CT molecular complexity index is 170. The van der Waals surface area contributed by atoms with E-state index >= 15 is 0 Å². The average molecular weight is 284 g/mol. The van der Waals surface area contributed by atoms with Gasteiger partial charge < -0.3 is 4.74 Å². The molecule has 0 aliphatic heterocycles. The molecule has 0 aliphatic carbocycles. The van der Waals surface area contributed by atoms with Gasteiger partial charge in [0, 0.05) is 13.2 Å². The van der Waals surface area contributed by atoms with Crippen LogP contribution in [0.25, 0.3) is 0 Å². The van der Waals surface area contributed by atoms with Crippen molar-refractivity contribution < 1.29 is 9.53 Å². The van der Waals surface area contributed by atoms with Crippen LogP contribution < -0.4 is 0 Å². The number of rotatable bonds is 14. The summed E-state index contributed by atoms with van der Waals surface area (Å²) in [4.78, 5) is 8.57. The molecule has 2 heteroatoms. The second kappa shape index (κ2) is 23.5. The lowest BCUT2D eigenvalue weighted by Gasteiger charge is -2.04. The van der Waals surface area contributed by atoms with Crippen LogP contribution in [0, 0.1) is 0 Å². The van der Waals surface area contributed by atoms with Gasteiger partial charge in [-0.05, 0) is 19.4 Å². The minimum atomic E-state index is 0.987. The van der Waals surface area contributed by atoms with E-state index in [0.717, 1.165) is 13.2 Å². The monoisotopic (exact) mass is 284 g/mol. The van der Waals surface area contributed by atoms with E-state index in [-0.39, 0.29) is 0 Å². The van der Waals surface area contributed by atoms with Gasteiger partial charge >= 0.3 is 0 Å². The van der Waals surface area contributed by atoms with Crippen molar-refractivity contribution in [1.29, 1.82) is 0 Å². The average Bonchev–Trinajstić information content (AvgIpc) is 2.45. The lowest BCUT2D eigenvalue weighted by molar-refractivity contribution is 0.125. The van der Waals surface area contributed by atoms with Crippen LogP contribution in [0.3, 0.4) is 0 Å². The first-order valence-corrected chi connectivity index (χ1v) is 8.55. The maximum atomic E-state index is 8.57. The molecular formula is C18H36O2. The smallest absolute Gasteiger partial charge is 0.116 e. The van der Waals surface area contributed by atoms with Gasteiger partial charge in [0.15, 0.2) is 0 Å². The number of unbranched alkanes of at least 4 members (excludes halogenated alkanes) is 10. The number of carbonyl (C=O) groups excluding carboxylic acids is 1. The fourth-order valence-corrected chi connectivity index (χ4v) is 2.07. The Balaban J connectivity index is 0. The molecule has 0 radical (unpaired) electrons. The molecule has 0 fully saturated rings. The maximum Gasteiger partial charge on any atom is 0.116 e. The minimum Gasteiger partial charge on any atom is -0.381 e. The first-order chi connectivity index (χ1) is 9.83. The van der Waals surface area contributed by atoms with Gasteiger partial charge in [0.1, 0.15) is 5.94 Å². The normalized spacial score (nSPS) is 9.70. The van der Waals surface area contributed by atoms with E-state index in [4.69, 9.17) is 9.53 Å². The molecule has 0 saturated carbocycles. The molecule has 0 aromatic heterocycles. The zero-order valence-corrected chi connectivity index (χ0v) is 13.9. The van der Waals surface area contributed by atoms with Crippen molar-refractivity contribution in [2.75, 3.05) is 13.2 Å². The van der Waals surface area contributed by atoms with Crippen molar-refractivity contribution in [2.45, 2.75) is 90.9 Å². The first kappa shape index (κ1) is 21.7. The molecule has 0 bridgehead atoms. The van der Waals surface area contributed by atoms with E-state index in [2.05, 4.69) is 20.4 Å². The van der Waals surface area contributed by atoms with Crippen molar-refractivity contribution in [3.63, 3.8) is 0 Å². The standard InChI is InChI=1S/C16H34O.C2H2O/c1-3-5-7-9-11-13-15-17-16-14-12-10-8-6-4-2;1-2-3/h3-16H2,1-2H3;1H2. The molecule has 120 valence electrons. The van der Waals surface area contributed by atoms with Crippen LogP contribution in [0.2, 0.25) is 0 Å². The van der Waals surface area contributed by atoms with Crippen LogP contribution in [-0.2, 0) is 9.53 Å². The summed E-state index contributed by atoms with van der Waals surface area (Å²) in [7, 11) is 0. The van der Waals surface area contributed by atoms with Crippen molar-refractivity contribution in [1.82, 2.24) is 0 Å². The third-order valence-corrected chi connectivity index (χ3v) is 3.28. The molecule has 0 spiro atoms. The topological polar surface area (TPSA) is 26.3 Å². The molecule has 2 nitrogen and oxygen atoms in total. The Hall–Kier alpha value is -0.590. The van der Waals surface area contributed by atoms with E-state index in [9.17, 15) is 0 Å². The Morgan fingerprint density at radius 2 is 1.00 bits per heavy atom. The molecule has 0 N–H and O–H groups in total. The summed E-state index contributed by atoms with van der Waals surface area (Å²) in [5.74, 6) is 1.25. The molecule has 0 amide bonds. The summed E-state index contributed by atoms with van der Waals surface area (Å²) in [6, 6.07) is 0. The van der Waals surface area contributed by atoms with Gasteiger partial charge in [-0.2, -0.15) is 0 Å². The summed E-state index contributed by atoms with van der Waals surface area (Å²) in [5, 5.41) is 0. The minimum absolute atomic E-state index is 0.987. The van der Waals surface area contributed by atoms with Gasteiger partial charge in [0.05, 0.1) is 0 Å². The third-order valence-electron chi connectivity index (χ3n) is 3.28. The highest BCUT2D eigenvalue weighted by molar-refractivity contribution is 5.38. The summed E-state index contributed by atoms with van der Waals surface area (Å²) >= 11 is 0. The van der Waals surface area contributed by atoms with Gasteiger partial charge in [-0.15, -0.1) is 0 Å². The first-order valence-electron chi connectivity index (χ1n) is 8.55. The van der Waals surface area contributed by atoms with Crippen molar-refractivity contribution in [3.8, 4) is 0 Å². The van der Waals surface area contributed by atoms with Gasteiger partial charge in [-0.25, -0.2) is 4.79 Å². The number of hydrogen-bond acceptors (Lipinski definition) is 2. The molecule has 0 rings (SSSR count). The Kier molecular flexibility index (Phi) is 25.5. The van der Waals surface area contributed by atoms with Crippen molar-refractivity contribution in [3.05, 3.63) is 6.58 Å². The lowest BCUT2D eigenvalue weighted by Crippen LogP contribution is -1.97. The zero-order valence-electron chi connectivity index (χ0n) is 13.9. The zero-order chi connectivity index (χ0) is 15.3. The molecule has 0 aromatic carbocycles. The number of ether oxygens (including phenoxy) is 1. The van der Waals surface area contributed by atoms with E-state index in [1.807, 2.05) is 0 Å². The molecule has 0 aromatic rings. The summed E-state index contributed by atoms with van der Waals surface area (Å²) in [6.07, 6.45) is 16.3. The van der Waals surface area contributed by atoms with Crippen LogP contribution in [0.1, 0.15) is 90.9 Å². The van der Waals surface area contributed by atoms with Crippen molar-refractivity contribution >= 4 is 5.94 Å². The molecule has 0 aliphatic rings. The molecule has 0 unspecified atom stereocenters. The molecular weight excluding hydrogens is 248 g/mol. The highest BCUT2D eigenvalue weighted by atomic mass is 16.5.